The molecule has 0 saturated carbocycles. The summed E-state index contributed by atoms with van der Waals surface area (Å²) in [5.74, 6) is 0. The van der Waals surface area contributed by atoms with Gasteiger partial charge in [-0.3, -0.25) is 18.3 Å². The number of hydrogen-bond acceptors (Lipinski definition) is 10. The van der Waals surface area contributed by atoms with Gasteiger partial charge in [0.2, 0.25) is 0 Å². The number of alkyl carbamates (subject to hydrolysis) is 2. The molecule has 0 aliphatic heterocycles. The molecule has 20 heteroatoms. The van der Waals surface area contributed by atoms with Crippen LogP contribution in [0.1, 0.15) is 11.1 Å². The van der Waals surface area contributed by atoms with Crippen LogP contribution >= 0.6 is 29.2 Å². The first-order valence-electron chi connectivity index (χ1n) is 17.3. The molecule has 0 fully saturated rings. The zero-order valence-corrected chi connectivity index (χ0v) is 35.4. The van der Waals surface area contributed by atoms with Crippen molar-refractivity contribution in [1.82, 2.24) is 10.6 Å². The number of ether oxygens (including phenoxy) is 2. The van der Waals surface area contributed by atoms with Gasteiger partial charge in [0.15, 0.2) is 29.2 Å². The maximum Gasteiger partial charge on any atom is 0.407 e. The Bertz CT molecular complexity index is 1930. The van der Waals surface area contributed by atoms with Crippen LogP contribution in [-0.2, 0) is 40.9 Å². The molecule has 2 amide bonds. The maximum atomic E-state index is 13.1. The smallest absolute Gasteiger partial charge is 0.407 e. The van der Waals surface area contributed by atoms with E-state index in [-0.39, 0.29) is 38.4 Å². The molecule has 0 aliphatic rings. The maximum absolute atomic E-state index is 13.1. The van der Waals surface area contributed by atoms with Crippen molar-refractivity contribution in [2.24, 2.45) is 11.5 Å². The van der Waals surface area contributed by atoms with Gasteiger partial charge < -0.3 is 51.9 Å². The van der Waals surface area contributed by atoms with Crippen LogP contribution in [-0.4, -0.2) is 64.0 Å². The normalized spacial score (nSPS) is 15.0. The van der Waals surface area contributed by atoms with Crippen molar-refractivity contribution in [2.45, 2.75) is 13.2 Å². The van der Waals surface area contributed by atoms with E-state index in [9.17, 15) is 27.8 Å². The minimum absolute atomic E-state index is 0.0575. The SMILES string of the molecule is CP(=O)(CN)Nc1ccccc1NP(C)(=O)CN.CP(=O)(CNC(=O)OCc1ccccc1)Nc1ccccc1NP(C)(=O)CNC(=O)OCc1ccccc1. The van der Waals surface area contributed by atoms with Gasteiger partial charge in [0.25, 0.3) is 0 Å². The molecule has 4 unspecified atom stereocenters. The van der Waals surface area contributed by atoms with Crippen LogP contribution in [0.15, 0.2) is 109 Å². The lowest BCUT2D eigenvalue weighted by molar-refractivity contribution is 0.140. The Balaban J connectivity index is 0.000000391. The number of carbonyl (C=O) groups excluding carboxylic acids is 2. The van der Waals surface area contributed by atoms with Gasteiger partial charge in [-0.2, -0.15) is 0 Å². The molecule has 0 aromatic heterocycles. The Labute approximate surface area is 328 Å². The molecule has 4 aromatic carbocycles. The minimum atomic E-state index is -3.11. The van der Waals surface area contributed by atoms with E-state index in [1.807, 2.05) is 60.7 Å². The van der Waals surface area contributed by atoms with Crippen molar-refractivity contribution < 1.29 is 37.3 Å². The van der Waals surface area contributed by atoms with Gasteiger partial charge in [-0.1, -0.05) is 84.9 Å². The number of amides is 2. The summed E-state index contributed by atoms with van der Waals surface area (Å²) in [6.07, 6.45) is -1.58. The van der Waals surface area contributed by atoms with Gasteiger partial charge in [0, 0.05) is 26.7 Å². The number of rotatable bonds is 18. The summed E-state index contributed by atoms with van der Waals surface area (Å²) in [5, 5.41) is 16.7. The number of nitrogens with one attached hydrogen (secondary N) is 6. The predicted octanol–water partition coefficient (Wildman–Crippen LogP) is 8.25. The van der Waals surface area contributed by atoms with Crippen LogP contribution < -0.4 is 42.5 Å². The molecule has 0 aliphatic carbocycles. The Morgan fingerprint density at radius 2 is 0.732 bits per heavy atom. The average Bonchev–Trinajstić information content (AvgIpc) is 3.17. The average molecular weight is 849 g/mol. The van der Waals surface area contributed by atoms with E-state index >= 15 is 0 Å². The predicted molar refractivity (Wildman–Crippen MR) is 229 cm³/mol. The summed E-state index contributed by atoms with van der Waals surface area (Å²) in [4.78, 5) is 24.1. The third kappa shape index (κ3) is 17.5. The largest absolute Gasteiger partial charge is 0.445 e. The number of nitrogens with two attached hydrogens (primary N) is 2. The fraction of sp³-hybridized carbons (Fsp3) is 0.278. The highest BCUT2D eigenvalue weighted by molar-refractivity contribution is 7.65. The van der Waals surface area contributed by atoms with Crippen molar-refractivity contribution in [3.63, 3.8) is 0 Å². The Hall–Kier alpha value is -4.54. The third-order valence-electron chi connectivity index (χ3n) is 7.45. The topological polar surface area (TPSA) is 245 Å². The third-order valence-corrected chi connectivity index (χ3v) is 13.2. The highest BCUT2D eigenvalue weighted by Crippen LogP contribution is 2.47. The summed E-state index contributed by atoms with van der Waals surface area (Å²) in [6.45, 7) is 6.30. The second-order valence-electron chi connectivity index (χ2n) is 13.1. The number of hydrogen-bond donors (Lipinski definition) is 8. The molecule has 304 valence electrons. The summed E-state index contributed by atoms with van der Waals surface area (Å²) < 4.78 is 60.5. The van der Waals surface area contributed by atoms with Crippen LogP contribution in [0.5, 0.6) is 0 Å². The van der Waals surface area contributed by atoms with Crippen LogP contribution in [0.4, 0.5) is 32.3 Å². The summed E-state index contributed by atoms with van der Waals surface area (Å²) >= 11 is 0. The van der Waals surface area contributed by atoms with Crippen molar-refractivity contribution in [1.29, 1.82) is 0 Å². The van der Waals surface area contributed by atoms with E-state index in [0.717, 1.165) is 11.1 Å². The lowest BCUT2D eigenvalue weighted by Crippen LogP contribution is -2.27. The van der Waals surface area contributed by atoms with E-state index in [1.54, 1.807) is 61.9 Å². The first-order chi connectivity index (χ1) is 26.4. The van der Waals surface area contributed by atoms with Gasteiger partial charge in [0.1, 0.15) is 13.2 Å². The molecule has 0 saturated heterocycles. The molecule has 0 heterocycles. The van der Waals surface area contributed by atoms with Crippen LogP contribution in [0.2, 0.25) is 0 Å². The van der Waals surface area contributed by atoms with Crippen LogP contribution in [0.25, 0.3) is 0 Å². The fourth-order valence-electron chi connectivity index (χ4n) is 4.52. The zero-order valence-electron chi connectivity index (χ0n) is 31.8. The van der Waals surface area contributed by atoms with E-state index in [2.05, 4.69) is 31.0 Å². The van der Waals surface area contributed by atoms with E-state index < -0.39 is 41.4 Å². The van der Waals surface area contributed by atoms with Crippen molar-refractivity contribution in [3.05, 3.63) is 120 Å². The number of benzene rings is 4. The molecular formula is C36H52N8O8P4. The number of carbonyl (C=O) groups is 2. The van der Waals surface area contributed by atoms with Gasteiger partial charge in [-0.25, -0.2) is 9.59 Å². The van der Waals surface area contributed by atoms with E-state index in [0.29, 0.717) is 22.7 Å². The Morgan fingerprint density at radius 1 is 0.464 bits per heavy atom. The lowest BCUT2D eigenvalue weighted by Gasteiger charge is -2.22. The standard InChI is InChI=1S/C26H32N4O6P2.C10H20N4O2P2/c1-37(33,19-27-25(31)35-17-21-11-5-3-6-12-21)29-23-15-9-10-16-24(23)30-38(2,34)20-28-26(32)36-18-22-13-7-4-8-14-22;1-17(15,7-11)13-9-5-3-4-6-10(9)14-18(2,16)8-12/h3-16H,17-20H2,1-2H3,(H,27,31)(H,28,32)(H,29,33)(H,30,34);3-6H,7-8,11-12H2,1-2H3,(H,13,15)(H,14,16). The van der Waals surface area contributed by atoms with Crippen molar-refractivity contribution >= 4 is 64.1 Å². The second kappa shape index (κ2) is 21.7. The molecule has 0 bridgehead atoms. The monoisotopic (exact) mass is 848 g/mol. The van der Waals surface area contributed by atoms with Gasteiger partial charge in [-0.15, -0.1) is 0 Å². The molecular weight excluding hydrogens is 796 g/mol. The van der Waals surface area contributed by atoms with Crippen LogP contribution in [0.3, 0.4) is 0 Å². The summed E-state index contributed by atoms with van der Waals surface area (Å²) in [5.41, 5.74) is 14.6. The first-order valence-corrected chi connectivity index (χ1v) is 26.6. The molecule has 0 radical (unpaired) electrons. The molecule has 4 atom stereocenters. The van der Waals surface area contributed by atoms with Crippen molar-refractivity contribution in [3.8, 4) is 0 Å². The van der Waals surface area contributed by atoms with E-state index in [4.69, 9.17) is 20.9 Å². The number of anilines is 4. The van der Waals surface area contributed by atoms with Gasteiger partial charge >= 0.3 is 12.2 Å². The molecule has 16 nitrogen and oxygen atoms in total. The minimum Gasteiger partial charge on any atom is -0.445 e. The summed E-state index contributed by atoms with van der Waals surface area (Å²) in [6, 6.07) is 32.3. The highest BCUT2D eigenvalue weighted by Gasteiger charge is 2.22. The zero-order chi connectivity index (χ0) is 41.2. The van der Waals surface area contributed by atoms with Crippen molar-refractivity contribution in [2.75, 3.05) is 72.2 Å². The molecule has 10 N–H and O–H groups in total. The van der Waals surface area contributed by atoms with Gasteiger partial charge in [-0.05, 0) is 35.4 Å². The van der Waals surface area contributed by atoms with E-state index in [1.165, 1.54) is 13.3 Å². The fourth-order valence-corrected chi connectivity index (χ4v) is 8.55. The molecule has 4 rings (SSSR count). The molecule has 0 spiro atoms. The Morgan fingerprint density at radius 3 is 1.02 bits per heavy atom. The molecule has 4 aromatic rings. The van der Waals surface area contributed by atoms with Crippen LogP contribution in [0, 0.1) is 0 Å². The second-order valence-corrected chi connectivity index (χ2v) is 24.2. The first kappa shape index (κ1) is 45.8. The number of para-hydroxylation sites is 4. The molecule has 56 heavy (non-hydrogen) atoms. The quantitative estimate of drug-likeness (QED) is 0.0440. The van der Waals surface area contributed by atoms with Gasteiger partial charge in [0.05, 0.1) is 47.9 Å². The lowest BCUT2D eigenvalue weighted by atomic mass is 10.2. The summed E-state index contributed by atoms with van der Waals surface area (Å²) in [7, 11) is -11.5. The highest BCUT2D eigenvalue weighted by atomic mass is 31.2. The Kier molecular flexibility index (Phi) is 17.7.